The maximum atomic E-state index is 6.67. The van der Waals surface area contributed by atoms with Gasteiger partial charge >= 0.3 is 0 Å². The summed E-state index contributed by atoms with van der Waals surface area (Å²) in [5, 5.41) is 3.40. The van der Waals surface area contributed by atoms with Gasteiger partial charge in [-0.2, -0.15) is 0 Å². The molecule has 0 saturated carbocycles. The first-order chi connectivity index (χ1) is 14.1. The molecular formula is C21H21ClN6S. The lowest BCUT2D eigenvalue weighted by Crippen LogP contribution is -2.27. The number of aryl methyl sites for hydroxylation is 1. The van der Waals surface area contributed by atoms with Crippen molar-refractivity contribution >= 4 is 51.1 Å². The Bertz CT molecular complexity index is 1210. The predicted octanol–water partition coefficient (Wildman–Crippen LogP) is 4.41. The summed E-state index contributed by atoms with van der Waals surface area (Å²) in [4.78, 5) is 20.8. The van der Waals surface area contributed by atoms with Crippen molar-refractivity contribution in [2.24, 2.45) is 5.73 Å². The van der Waals surface area contributed by atoms with Gasteiger partial charge in [-0.3, -0.25) is 4.98 Å². The van der Waals surface area contributed by atoms with Crippen molar-refractivity contribution in [3.8, 4) is 0 Å². The van der Waals surface area contributed by atoms with Crippen LogP contribution >= 0.6 is 23.4 Å². The molecule has 1 aromatic carbocycles. The van der Waals surface area contributed by atoms with Gasteiger partial charge in [0.1, 0.15) is 11.5 Å². The number of H-pyrrole nitrogens is 1. The van der Waals surface area contributed by atoms with Crippen LogP contribution in [0.5, 0.6) is 0 Å². The topological polar surface area (TPSA) is 83.7 Å². The van der Waals surface area contributed by atoms with Gasteiger partial charge in [-0.1, -0.05) is 30.7 Å². The van der Waals surface area contributed by atoms with Crippen molar-refractivity contribution in [2.75, 3.05) is 18.0 Å². The second-order valence-electron chi connectivity index (χ2n) is 7.28. The van der Waals surface area contributed by atoms with Gasteiger partial charge in [0, 0.05) is 41.3 Å². The largest absolute Gasteiger partial charge is 0.354 e. The monoisotopic (exact) mass is 424 g/mol. The number of fused-ring (bicyclic) bond motifs is 2. The molecule has 0 unspecified atom stereocenters. The summed E-state index contributed by atoms with van der Waals surface area (Å²) < 4.78 is 0. The molecule has 3 N–H and O–H groups in total. The highest BCUT2D eigenvalue weighted by molar-refractivity contribution is 7.99. The van der Waals surface area contributed by atoms with Crippen LogP contribution < -0.4 is 10.6 Å². The molecule has 1 fully saturated rings. The van der Waals surface area contributed by atoms with Crippen molar-refractivity contribution in [1.82, 2.24) is 19.9 Å². The van der Waals surface area contributed by atoms with Crippen LogP contribution in [0.3, 0.4) is 0 Å². The number of aromatic amines is 1. The lowest BCUT2D eigenvalue weighted by atomic mass is 10.2. The number of hydrogen-bond donors (Lipinski definition) is 2. The summed E-state index contributed by atoms with van der Waals surface area (Å²) >= 11 is 8.20. The number of hydrogen-bond acceptors (Lipinski definition) is 6. The average Bonchev–Trinajstić information content (AvgIpc) is 3.30. The molecule has 0 aliphatic carbocycles. The summed E-state index contributed by atoms with van der Waals surface area (Å²) in [5.41, 5.74) is 8.87. The van der Waals surface area contributed by atoms with E-state index >= 15 is 0 Å². The van der Waals surface area contributed by atoms with Gasteiger partial charge in [0.25, 0.3) is 0 Å². The number of aromatic nitrogens is 4. The molecule has 0 radical (unpaired) electrons. The van der Waals surface area contributed by atoms with Gasteiger partial charge in [-0.05, 0) is 42.8 Å². The highest BCUT2D eigenvalue weighted by Gasteiger charge is 2.26. The van der Waals surface area contributed by atoms with E-state index in [9.17, 15) is 0 Å². The fourth-order valence-electron chi connectivity index (χ4n) is 3.78. The summed E-state index contributed by atoms with van der Waals surface area (Å²) in [7, 11) is 0. The van der Waals surface area contributed by atoms with E-state index in [0.717, 1.165) is 64.3 Å². The third-order valence-electron chi connectivity index (χ3n) is 5.29. The predicted molar refractivity (Wildman–Crippen MR) is 119 cm³/mol. The number of nitrogens with zero attached hydrogens (tertiary/aromatic N) is 4. The first-order valence-electron chi connectivity index (χ1n) is 9.73. The quantitative estimate of drug-likeness (QED) is 0.472. The summed E-state index contributed by atoms with van der Waals surface area (Å²) in [5.74, 6) is 0.866. The molecule has 0 spiro atoms. The van der Waals surface area contributed by atoms with Gasteiger partial charge in [-0.15, -0.1) is 0 Å². The third kappa shape index (κ3) is 3.43. The van der Waals surface area contributed by atoms with Crippen LogP contribution in [0.25, 0.3) is 21.9 Å². The number of halogens is 1. The van der Waals surface area contributed by atoms with Crippen molar-refractivity contribution in [1.29, 1.82) is 0 Å². The van der Waals surface area contributed by atoms with Crippen molar-refractivity contribution < 1.29 is 0 Å². The Morgan fingerprint density at radius 2 is 2.21 bits per heavy atom. The number of nitrogens with two attached hydrogens (primary N) is 1. The smallest absolute Gasteiger partial charge is 0.196 e. The minimum absolute atomic E-state index is 0.158. The molecular weight excluding hydrogens is 404 g/mol. The zero-order chi connectivity index (χ0) is 20.0. The molecule has 6 nitrogen and oxygen atoms in total. The van der Waals surface area contributed by atoms with Gasteiger partial charge in [0.15, 0.2) is 5.16 Å². The Hall–Kier alpha value is -2.35. The lowest BCUT2D eigenvalue weighted by molar-refractivity contribution is 0.751. The van der Waals surface area contributed by atoms with E-state index in [-0.39, 0.29) is 6.04 Å². The fourth-order valence-corrected chi connectivity index (χ4v) is 4.92. The van der Waals surface area contributed by atoms with E-state index in [1.54, 1.807) is 6.20 Å². The van der Waals surface area contributed by atoms with Crippen LogP contribution in [0.1, 0.15) is 19.0 Å². The van der Waals surface area contributed by atoms with Crippen molar-refractivity contribution in [2.45, 2.75) is 35.9 Å². The Kier molecular flexibility index (Phi) is 4.81. The molecule has 8 heteroatoms. The van der Waals surface area contributed by atoms with Gasteiger partial charge in [0.2, 0.25) is 0 Å². The van der Waals surface area contributed by atoms with E-state index in [4.69, 9.17) is 27.3 Å². The number of pyridine rings is 1. The molecule has 148 valence electrons. The van der Waals surface area contributed by atoms with E-state index in [1.807, 2.05) is 6.07 Å². The minimum Gasteiger partial charge on any atom is -0.354 e. The molecule has 1 saturated heterocycles. The van der Waals surface area contributed by atoms with Crippen LogP contribution in [-0.2, 0) is 6.42 Å². The molecule has 5 rings (SSSR count). The molecule has 3 aromatic heterocycles. The first kappa shape index (κ1) is 18.7. The molecule has 0 bridgehead atoms. The second-order valence-corrected chi connectivity index (χ2v) is 8.70. The minimum atomic E-state index is 0.158. The number of anilines is 1. The van der Waals surface area contributed by atoms with Crippen LogP contribution in [0.4, 0.5) is 5.82 Å². The van der Waals surface area contributed by atoms with Crippen LogP contribution in [0.2, 0.25) is 5.02 Å². The standard InChI is InChI=1S/C21H21ClN6S/c1-2-15-18(22)17-19(25-15)26-21(27-20(17)28-9-7-13(23)11-28)29-14-6-5-12-4-3-8-24-16(12)10-14/h3-6,8,10,13H,2,7,9,11,23H2,1H3,(H,25,26,27)/t13-/m0/s1. The van der Waals surface area contributed by atoms with E-state index in [1.165, 1.54) is 11.8 Å². The van der Waals surface area contributed by atoms with Crippen molar-refractivity contribution in [3.05, 3.63) is 47.2 Å². The average molecular weight is 425 g/mol. The molecule has 1 aliphatic rings. The van der Waals surface area contributed by atoms with Crippen LogP contribution in [0.15, 0.2) is 46.6 Å². The lowest BCUT2D eigenvalue weighted by Gasteiger charge is -2.18. The number of nitrogens with one attached hydrogen (secondary N) is 1. The van der Waals surface area contributed by atoms with Crippen molar-refractivity contribution in [3.63, 3.8) is 0 Å². The Balaban J connectivity index is 1.59. The normalized spacial score (nSPS) is 16.9. The molecule has 4 aromatic rings. The van der Waals surface area contributed by atoms with Crippen LogP contribution in [0, 0.1) is 0 Å². The molecule has 1 aliphatic heterocycles. The summed E-state index contributed by atoms with van der Waals surface area (Å²) in [6.07, 6.45) is 3.57. The fraction of sp³-hybridized carbons (Fsp3) is 0.286. The molecule has 0 amide bonds. The molecule has 4 heterocycles. The Labute approximate surface area is 177 Å². The maximum absolute atomic E-state index is 6.67. The highest BCUT2D eigenvalue weighted by Crippen LogP contribution is 2.37. The summed E-state index contributed by atoms with van der Waals surface area (Å²) in [6, 6.07) is 10.4. The van der Waals surface area contributed by atoms with Crippen LogP contribution in [-0.4, -0.2) is 39.1 Å². The highest BCUT2D eigenvalue weighted by atomic mass is 35.5. The molecule has 29 heavy (non-hydrogen) atoms. The van der Waals surface area contributed by atoms with Gasteiger partial charge in [0.05, 0.1) is 15.9 Å². The first-order valence-corrected chi connectivity index (χ1v) is 10.9. The zero-order valence-electron chi connectivity index (χ0n) is 16.0. The van der Waals surface area contributed by atoms with Gasteiger partial charge < -0.3 is 15.6 Å². The molecule has 1 atom stereocenters. The van der Waals surface area contributed by atoms with E-state index in [0.29, 0.717) is 10.2 Å². The number of rotatable bonds is 4. The van der Waals surface area contributed by atoms with Gasteiger partial charge in [-0.25, -0.2) is 9.97 Å². The van der Waals surface area contributed by atoms with E-state index in [2.05, 4.69) is 46.1 Å². The Morgan fingerprint density at radius 3 is 3.00 bits per heavy atom. The Morgan fingerprint density at radius 1 is 1.31 bits per heavy atom. The third-order valence-corrected chi connectivity index (χ3v) is 6.56. The zero-order valence-corrected chi connectivity index (χ0v) is 17.6. The maximum Gasteiger partial charge on any atom is 0.196 e. The number of benzene rings is 1. The SMILES string of the molecule is CCc1[nH]c2nc(Sc3ccc4cccnc4c3)nc(N3CC[C@H](N)C3)c2c1Cl. The van der Waals surface area contributed by atoms with E-state index < -0.39 is 0 Å². The summed E-state index contributed by atoms with van der Waals surface area (Å²) in [6.45, 7) is 3.73. The second kappa shape index (κ2) is 7.48.